The zero-order valence-corrected chi connectivity index (χ0v) is 16.6. The van der Waals surface area contributed by atoms with Gasteiger partial charge in [-0.15, -0.1) is 5.10 Å². The largest absolute Gasteiger partial charge is 0.468 e. The van der Waals surface area contributed by atoms with E-state index in [1.54, 1.807) is 43.9 Å². The molecule has 0 atom stereocenters. The van der Waals surface area contributed by atoms with Gasteiger partial charge in [0.05, 0.1) is 11.7 Å². The van der Waals surface area contributed by atoms with Gasteiger partial charge in [0.15, 0.2) is 11.6 Å². The van der Waals surface area contributed by atoms with Gasteiger partial charge in [0.25, 0.3) is 0 Å². The van der Waals surface area contributed by atoms with E-state index < -0.39 is 12.3 Å². The minimum atomic E-state index is -2.31. The van der Waals surface area contributed by atoms with Crippen molar-refractivity contribution in [3.8, 4) is 17.3 Å². The molecule has 0 unspecified atom stereocenters. The molecule has 4 aromatic rings. The van der Waals surface area contributed by atoms with Gasteiger partial charge in [-0.25, -0.2) is 18.9 Å². The van der Waals surface area contributed by atoms with Gasteiger partial charge in [0.1, 0.15) is 18.8 Å². The molecule has 0 N–H and O–H groups in total. The summed E-state index contributed by atoms with van der Waals surface area (Å²) in [6.45, 7) is 2.83. The van der Waals surface area contributed by atoms with Gasteiger partial charge < -0.3 is 4.74 Å². The number of aryl methyl sites for hydroxylation is 2. The van der Waals surface area contributed by atoms with E-state index in [2.05, 4.69) is 20.2 Å². The van der Waals surface area contributed by atoms with Gasteiger partial charge in [-0.05, 0) is 36.1 Å². The van der Waals surface area contributed by atoms with Crippen LogP contribution in [0.3, 0.4) is 0 Å². The van der Waals surface area contributed by atoms with Crippen molar-refractivity contribution in [2.24, 2.45) is 7.05 Å². The Kier molecular flexibility index (Phi) is 3.74. The molecule has 3 heterocycles. The van der Waals surface area contributed by atoms with Gasteiger partial charge in [-0.3, -0.25) is 4.68 Å². The van der Waals surface area contributed by atoms with Crippen LogP contribution in [-0.4, -0.2) is 29.4 Å². The van der Waals surface area contributed by atoms with Gasteiger partial charge in [0.2, 0.25) is 5.88 Å². The van der Waals surface area contributed by atoms with Crippen molar-refractivity contribution in [2.75, 3.05) is 0 Å². The Balaban J connectivity index is 1.89. The highest BCUT2D eigenvalue weighted by Gasteiger charge is 2.23. The van der Waals surface area contributed by atoms with E-state index in [1.807, 2.05) is 6.92 Å². The average Bonchev–Trinajstić information content (AvgIpc) is 3.32. The summed E-state index contributed by atoms with van der Waals surface area (Å²) in [5.74, 6) is 0.728. The number of ether oxygens (including phenoxy) is 1. The molecular formula is C21H23FN6O. The van der Waals surface area contributed by atoms with E-state index in [0.29, 0.717) is 28.3 Å². The monoisotopic (exact) mass is 397 g/mol. The minimum Gasteiger partial charge on any atom is -0.468 e. The predicted octanol–water partition coefficient (Wildman–Crippen LogP) is 3.85. The Bertz CT molecular complexity index is 1290. The van der Waals surface area contributed by atoms with Crippen LogP contribution in [0.1, 0.15) is 41.8 Å². The number of fused-ring (bicyclic) bond motifs is 1. The third-order valence-corrected chi connectivity index (χ3v) is 4.73. The second-order valence-electron chi connectivity index (χ2n) is 7.45. The van der Waals surface area contributed by atoms with Crippen LogP contribution in [0.4, 0.5) is 4.39 Å². The van der Waals surface area contributed by atoms with E-state index in [9.17, 15) is 4.39 Å². The van der Waals surface area contributed by atoms with Crippen LogP contribution in [0.5, 0.6) is 5.88 Å². The number of nitrogens with zero attached hydrogens (tertiary/aromatic N) is 6. The summed E-state index contributed by atoms with van der Waals surface area (Å²) in [5.41, 5.74) is 1.14. The molecule has 1 aromatic carbocycles. The summed E-state index contributed by atoms with van der Waals surface area (Å²) >= 11 is 0. The van der Waals surface area contributed by atoms with Gasteiger partial charge >= 0.3 is 0 Å². The molecule has 0 spiro atoms. The van der Waals surface area contributed by atoms with Gasteiger partial charge in [0, 0.05) is 22.3 Å². The number of halogens is 1. The second-order valence-corrected chi connectivity index (χ2v) is 7.45. The maximum absolute atomic E-state index is 13.9. The number of hydrogen-bond donors (Lipinski definition) is 0. The number of aromatic nitrogens is 6. The molecular weight excluding hydrogens is 371 g/mol. The van der Waals surface area contributed by atoms with Crippen molar-refractivity contribution in [3.63, 3.8) is 0 Å². The van der Waals surface area contributed by atoms with E-state index >= 15 is 0 Å². The molecule has 0 fully saturated rings. The topological polar surface area (TPSA) is 70.1 Å². The molecule has 8 heteroatoms. The smallest absolute Gasteiger partial charge is 0.236 e. The number of imidazole rings is 1. The van der Waals surface area contributed by atoms with Crippen molar-refractivity contribution in [2.45, 2.75) is 39.6 Å². The normalized spacial score (nSPS) is 13.9. The van der Waals surface area contributed by atoms with Crippen LogP contribution in [0.15, 0.2) is 36.8 Å². The second kappa shape index (κ2) is 6.95. The van der Waals surface area contributed by atoms with Crippen LogP contribution in [0.25, 0.3) is 16.9 Å². The predicted molar refractivity (Wildman–Crippen MR) is 107 cm³/mol. The summed E-state index contributed by atoms with van der Waals surface area (Å²) in [6.07, 6.45) is 2.99. The highest BCUT2D eigenvalue weighted by Crippen LogP contribution is 2.33. The first kappa shape index (κ1) is 15.6. The fraction of sp³-hybridized carbons (Fsp3) is 0.333. The Labute approximate surface area is 172 Å². The summed E-state index contributed by atoms with van der Waals surface area (Å²) in [5, 5.41) is 8.61. The lowest BCUT2D eigenvalue weighted by Crippen LogP contribution is -2.17. The summed E-state index contributed by atoms with van der Waals surface area (Å²) in [6, 6.07) is 6.15. The Morgan fingerprint density at radius 2 is 2.07 bits per heavy atom. The summed E-state index contributed by atoms with van der Waals surface area (Å²) < 4.78 is 47.1. The van der Waals surface area contributed by atoms with E-state index in [4.69, 9.17) is 8.85 Å². The molecule has 29 heavy (non-hydrogen) atoms. The zero-order chi connectivity index (χ0) is 23.3. The maximum Gasteiger partial charge on any atom is 0.236 e. The lowest BCUT2D eigenvalue weighted by atomic mass is 9.88. The Hall–Kier alpha value is -3.29. The van der Waals surface area contributed by atoms with Crippen LogP contribution in [-0.2, 0) is 19.1 Å². The van der Waals surface area contributed by atoms with Crippen molar-refractivity contribution in [3.05, 3.63) is 59.6 Å². The fourth-order valence-corrected chi connectivity index (χ4v) is 3.07. The summed E-state index contributed by atoms with van der Waals surface area (Å²) in [4.78, 5) is 8.57. The van der Waals surface area contributed by atoms with Gasteiger partial charge in [-0.1, -0.05) is 26.8 Å². The third-order valence-electron chi connectivity index (χ3n) is 4.73. The molecule has 0 aliphatic heterocycles. The van der Waals surface area contributed by atoms with Crippen LogP contribution in [0, 0.1) is 12.7 Å². The lowest BCUT2D eigenvalue weighted by Gasteiger charge is -2.22. The molecule has 0 saturated heterocycles. The third kappa shape index (κ3) is 3.57. The Morgan fingerprint density at radius 3 is 2.79 bits per heavy atom. The summed E-state index contributed by atoms with van der Waals surface area (Å²) in [7, 11) is 1.73. The SMILES string of the molecule is [2H]C([2H])([2H])C(C)(C)c1cc2cnc(-c3cc(F)ccc3C)n2nc1OCc1ncnn1C. The average molecular weight is 397 g/mol. The lowest BCUT2D eigenvalue weighted by molar-refractivity contribution is 0.266. The molecule has 4 rings (SSSR count). The van der Waals surface area contributed by atoms with E-state index in [1.165, 1.54) is 23.0 Å². The molecule has 3 aromatic heterocycles. The quantitative estimate of drug-likeness (QED) is 0.523. The molecule has 0 aliphatic carbocycles. The molecule has 0 saturated carbocycles. The number of hydrogen-bond acceptors (Lipinski definition) is 5. The molecule has 7 nitrogen and oxygen atoms in total. The van der Waals surface area contributed by atoms with Crippen molar-refractivity contribution >= 4 is 5.52 Å². The standard InChI is InChI=1S/C21H23FN6O/c1-13-6-7-14(22)8-16(13)19-23-10-15-9-17(21(2,3)4)20(26-28(15)19)29-11-18-24-12-25-27(18)5/h6-10,12H,11H2,1-5H3/i2D3. The van der Waals surface area contributed by atoms with Crippen LogP contribution < -0.4 is 4.74 Å². The van der Waals surface area contributed by atoms with Crippen molar-refractivity contribution in [1.29, 1.82) is 0 Å². The van der Waals surface area contributed by atoms with E-state index in [-0.39, 0.29) is 18.3 Å². The molecule has 0 amide bonds. The zero-order valence-electron chi connectivity index (χ0n) is 19.6. The van der Waals surface area contributed by atoms with Crippen LogP contribution >= 0.6 is 0 Å². The number of rotatable bonds is 4. The maximum atomic E-state index is 13.9. The van der Waals surface area contributed by atoms with Crippen molar-refractivity contribution < 1.29 is 13.2 Å². The number of benzene rings is 1. The first-order valence-corrected chi connectivity index (χ1v) is 9.10. The highest BCUT2D eigenvalue weighted by molar-refractivity contribution is 5.65. The van der Waals surface area contributed by atoms with E-state index in [0.717, 1.165) is 5.56 Å². The highest BCUT2D eigenvalue weighted by atomic mass is 19.1. The molecule has 0 radical (unpaired) electrons. The molecule has 0 bridgehead atoms. The van der Waals surface area contributed by atoms with Gasteiger partial charge in [-0.2, -0.15) is 5.10 Å². The molecule has 150 valence electrons. The first-order chi connectivity index (χ1) is 15.0. The van der Waals surface area contributed by atoms with Crippen molar-refractivity contribution in [1.82, 2.24) is 29.4 Å². The van der Waals surface area contributed by atoms with Crippen LogP contribution in [0.2, 0.25) is 0 Å². The molecule has 0 aliphatic rings. The Morgan fingerprint density at radius 1 is 1.24 bits per heavy atom. The fourth-order valence-electron chi connectivity index (χ4n) is 3.07. The minimum absolute atomic E-state index is 0.0438. The first-order valence-electron chi connectivity index (χ1n) is 10.6.